The van der Waals surface area contributed by atoms with Crippen molar-refractivity contribution in [3.05, 3.63) is 47.5 Å². The predicted molar refractivity (Wildman–Crippen MR) is 85.3 cm³/mol. The highest BCUT2D eigenvalue weighted by molar-refractivity contribution is 5.55. The van der Waals surface area contributed by atoms with Crippen LogP contribution in [0.4, 0.5) is 0 Å². The van der Waals surface area contributed by atoms with Gasteiger partial charge in [0.25, 0.3) is 0 Å². The van der Waals surface area contributed by atoms with Crippen LogP contribution >= 0.6 is 0 Å². The molecule has 0 saturated heterocycles. The van der Waals surface area contributed by atoms with Crippen molar-refractivity contribution in [2.24, 2.45) is 0 Å². The smallest absolute Gasteiger partial charge is 0.119 e. The van der Waals surface area contributed by atoms with E-state index in [1.807, 2.05) is 12.2 Å². The molecule has 0 fully saturated rings. The van der Waals surface area contributed by atoms with Crippen molar-refractivity contribution < 1.29 is 9.90 Å². The van der Waals surface area contributed by atoms with Gasteiger partial charge >= 0.3 is 0 Å². The molecule has 0 saturated carbocycles. The minimum Gasteiger partial charge on any atom is -0.393 e. The number of hydrogen-bond acceptors (Lipinski definition) is 2. The number of aliphatic hydroxyl groups is 1. The van der Waals surface area contributed by atoms with Gasteiger partial charge in [0.05, 0.1) is 6.10 Å². The number of hydrogen-bond donors (Lipinski definition) is 1. The first-order valence-corrected chi connectivity index (χ1v) is 7.31. The second kappa shape index (κ2) is 10.2. The molecule has 1 aromatic rings. The third kappa shape index (κ3) is 7.05. The lowest BCUT2D eigenvalue weighted by atomic mass is 10.1. The highest BCUT2D eigenvalue weighted by atomic mass is 16.3. The van der Waals surface area contributed by atoms with E-state index in [1.165, 1.54) is 5.56 Å². The Labute approximate surface area is 121 Å². The molecule has 1 atom stereocenters. The molecule has 1 aromatic carbocycles. The molecule has 108 valence electrons. The third-order valence-corrected chi connectivity index (χ3v) is 3.06. The summed E-state index contributed by atoms with van der Waals surface area (Å²) in [4.78, 5) is 10.2. The fraction of sp³-hybridized carbons (Fsp3) is 0.389. The normalized spacial score (nSPS) is 13.1. The van der Waals surface area contributed by atoms with E-state index in [0.717, 1.165) is 24.7 Å². The molecule has 1 N–H and O–H groups in total. The van der Waals surface area contributed by atoms with Gasteiger partial charge in [-0.05, 0) is 36.8 Å². The number of aliphatic hydroxyl groups excluding tert-OH is 1. The van der Waals surface area contributed by atoms with Crippen LogP contribution in [0.15, 0.2) is 36.4 Å². The Morgan fingerprint density at radius 1 is 1.10 bits per heavy atom. The summed E-state index contributed by atoms with van der Waals surface area (Å²) in [6, 6.07) is 8.33. The van der Waals surface area contributed by atoms with Crippen LogP contribution in [0.1, 0.15) is 50.2 Å². The van der Waals surface area contributed by atoms with E-state index in [9.17, 15) is 9.90 Å². The summed E-state index contributed by atoms with van der Waals surface area (Å²) in [7, 11) is 0. The zero-order valence-corrected chi connectivity index (χ0v) is 12.2. The average Bonchev–Trinajstić information content (AvgIpc) is 2.47. The second-order valence-corrected chi connectivity index (χ2v) is 4.87. The number of unbranched alkanes of at least 4 members (excludes halogenated alkanes) is 1. The van der Waals surface area contributed by atoms with Crippen LogP contribution in [0.2, 0.25) is 0 Å². The molecular weight excluding hydrogens is 248 g/mol. The van der Waals surface area contributed by atoms with Gasteiger partial charge < -0.3 is 9.90 Å². The summed E-state index contributed by atoms with van der Waals surface area (Å²) in [6.45, 7) is 2.12. The Morgan fingerprint density at radius 2 is 1.70 bits per heavy atom. The number of carbonyl (C=O) groups excluding carboxylic acids is 1. The van der Waals surface area contributed by atoms with Crippen molar-refractivity contribution in [1.82, 2.24) is 0 Å². The average molecular weight is 272 g/mol. The van der Waals surface area contributed by atoms with Gasteiger partial charge in [-0.25, -0.2) is 0 Å². The Bertz CT molecular complexity index is 429. The highest BCUT2D eigenvalue weighted by Crippen LogP contribution is 2.10. The maximum absolute atomic E-state index is 10.2. The minimum atomic E-state index is -0.349. The first-order valence-electron chi connectivity index (χ1n) is 7.31. The van der Waals surface area contributed by atoms with Crippen LogP contribution in [0.3, 0.4) is 0 Å². The Kier molecular flexibility index (Phi) is 8.32. The standard InChI is InChI=1S/C18H24O2/c1-2-3-7-16-11-13-17(14-12-16)8-6-10-18(20)9-4-5-15-19/h3,6-8,11-15,18,20H,2,4-5,9-10H2,1H3/b7-3+,8-6+. The van der Waals surface area contributed by atoms with E-state index in [0.29, 0.717) is 19.3 Å². The number of benzene rings is 1. The van der Waals surface area contributed by atoms with E-state index in [4.69, 9.17) is 0 Å². The van der Waals surface area contributed by atoms with Crippen molar-refractivity contribution in [3.8, 4) is 0 Å². The van der Waals surface area contributed by atoms with Crippen molar-refractivity contribution >= 4 is 18.4 Å². The van der Waals surface area contributed by atoms with Gasteiger partial charge in [-0.15, -0.1) is 0 Å². The number of rotatable bonds is 9. The van der Waals surface area contributed by atoms with Gasteiger partial charge in [0.1, 0.15) is 6.29 Å². The van der Waals surface area contributed by atoms with Gasteiger partial charge in [0.15, 0.2) is 0 Å². The molecule has 0 aliphatic carbocycles. The van der Waals surface area contributed by atoms with Crippen LogP contribution < -0.4 is 0 Å². The third-order valence-electron chi connectivity index (χ3n) is 3.06. The maximum atomic E-state index is 10.2. The van der Waals surface area contributed by atoms with Crippen molar-refractivity contribution in [2.45, 2.75) is 45.1 Å². The Hall–Kier alpha value is -1.67. The summed E-state index contributed by atoms with van der Waals surface area (Å²) >= 11 is 0. The lowest BCUT2D eigenvalue weighted by Crippen LogP contribution is -2.04. The molecule has 2 heteroatoms. The van der Waals surface area contributed by atoms with Gasteiger partial charge in [-0.2, -0.15) is 0 Å². The Morgan fingerprint density at radius 3 is 2.25 bits per heavy atom. The van der Waals surface area contributed by atoms with Crippen molar-refractivity contribution in [2.75, 3.05) is 0 Å². The van der Waals surface area contributed by atoms with Crippen LogP contribution in [-0.4, -0.2) is 17.5 Å². The van der Waals surface area contributed by atoms with Gasteiger partial charge in [-0.3, -0.25) is 0 Å². The van der Waals surface area contributed by atoms with E-state index >= 15 is 0 Å². The molecule has 0 aliphatic heterocycles. The topological polar surface area (TPSA) is 37.3 Å². The van der Waals surface area contributed by atoms with E-state index in [2.05, 4.69) is 43.3 Å². The lowest BCUT2D eigenvalue weighted by molar-refractivity contribution is -0.108. The first kappa shape index (κ1) is 16.4. The highest BCUT2D eigenvalue weighted by Gasteiger charge is 2.00. The second-order valence-electron chi connectivity index (χ2n) is 4.87. The minimum absolute atomic E-state index is 0.349. The summed E-state index contributed by atoms with van der Waals surface area (Å²) in [5.41, 5.74) is 2.34. The fourth-order valence-electron chi connectivity index (χ4n) is 1.89. The molecule has 0 aromatic heterocycles. The quantitative estimate of drug-likeness (QED) is 0.539. The van der Waals surface area contributed by atoms with Crippen LogP contribution in [0, 0.1) is 0 Å². The zero-order chi connectivity index (χ0) is 14.6. The van der Waals surface area contributed by atoms with Crippen molar-refractivity contribution in [3.63, 3.8) is 0 Å². The molecule has 1 rings (SSSR count). The first-order chi connectivity index (χ1) is 9.76. The summed E-state index contributed by atoms with van der Waals surface area (Å²) in [5.74, 6) is 0. The monoisotopic (exact) mass is 272 g/mol. The van der Waals surface area contributed by atoms with E-state index in [-0.39, 0.29) is 6.10 Å². The predicted octanol–water partition coefficient (Wildman–Crippen LogP) is 4.24. The summed E-state index contributed by atoms with van der Waals surface area (Å²) < 4.78 is 0. The van der Waals surface area contributed by atoms with Crippen LogP contribution in [0.5, 0.6) is 0 Å². The molecule has 0 spiro atoms. The number of allylic oxidation sites excluding steroid dienone is 1. The van der Waals surface area contributed by atoms with Crippen LogP contribution in [-0.2, 0) is 4.79 Å². The number of aldehydes is 1. The molecular formula is C18H24O2. The molecule has 0 aliphatic rings. The Balaban J connectivity index is 2.38. The maximum Gasteiger partial charge on any atom is 0.119 e. The number of carbonyl (C=O) groups is 1. The molecule has 0 amide bonds. The molecule has 2 nitrogen and oxygen atoms in total. The molecule has 0 heterocycles. The van der Waals surface area contributed by atoms with E-state index in [1.54, 1.807) is 0 Å². The molecule has 0 bridgehead atoms. The molecule has 0 radical (unpaired) electrons. The summed E-state index contributed by atoms with van der Waals surface area (Å²) in [6.07, 6.45) is 12.5. The largest absolute Gasteiger partial charge is 0.393 e. The van der Waals surface area contributed by atoms with Crippen molar-refractivity contribution in [1.29, 1.82) is 0 Å². The fourth-order valence-corrected chi connectivity index (χ4v) is 1.89. The SMILES string of the molecule is CC/C=C/c1ccc(/C=C/CC(O)CCCC=O)cc1. The van der Waals surface area contributed by atoms with E-state index < -0.39 is 0 Å². The molecule has 20 heavy (non-hydrogen) atoms. The van der Waals surface area contributed by atoms with Gasteiger partial charge in [0, 0.05) is 6.42 Å². The van der Waals surface area contributed by atoms with Gasteiger partial charge in [-0.1, -0.05) is 55.5 Å². The lowest BCUT2D eigenvalue weighted by Gasteiger charge is -2.05. The van der Waals surface area contributed by atoms with Gasteiger partial charge in [0.2, 0.25) is 0 Å². The van der Waals surface area contributed by atoms with Crippen LogP contribution in [0.25, 0.3) is 12.2 Å². The summed E-state index contributed by atoms with van der Waals surface area (Å²) in [5, 5.41) is 9.72. The zero-order valence-electron chi connectivity index (χ0n) is 12.2. The molecule has 1 unspecified atom stereocenters.